The average Bonchev–Trinajstić information content (AvgIpc) is 2.45. The van der Waals surface area contributed by atoms with Gasteiger partial charge in [-0.25, -0.2) is 4.79 Å². The quantitative estimate of drug-likeness (QED) is 0.861. The zero-order valence-electron chi connectivity index (χ0n) is 13.4. The second-order valence-electron chi connectivity index (χ2n) is 6.59. The fourth-order valence-corrected chi connectivity index (χ4v) is 3.40. The molecule has 0 amide bonds. The molecule has 1 atom stereocenters. The number of carbonyl (C=O) groups is 1. The summed E-state index contributed by atoms with van der Waals surface area (Å²) in [5.41, 5.74) is 0.273. The van der Waals surface area contributed by atoms with Crippen LogP contribution in [0.4, 0.5) is 5.69 Å². The van der Waals surface area contributed by atoms with E-state index in [9.17, 15) is 4.79 Å². The first kappa shape index (κ1) is 15.7. The van der Waals surface area contributed by atoms with Gasteiger partial charge in [-0.2, -0.15) is 0 Å². The zero-order valence-corrected chi connectivity index (χ0v) is 13.4. The van der Waals surface area contributed by atoms with E-state index in [4.69, 9.17) is 9.47 Å². The molecule has 116 valence electrons. The van der Waals surface area contributed by atoms with Gasteiger partial charge in [0.2, 0.25) is 0 Å². The third kappa shape index (κ3) is 3.31. The molecule has 0 heterocycles. The van der Waals surface area contributed by atoms with E-state index in [-0.39, 0.29) is 11.4 Å². The number of esters is 1. The maximum atomic E-state index is 12.5. The van der Waals surface area contributed by atoms with Crippen molar-refractivity contribution >= 4 is 11.7 Å². The molecule has 4 nitrogen and oxygen atoms in total. The number of methoxy groups -OCH3 is 2. The van der Waals surface area contributed by atoms with Crippen LogP contribution in [0.25, 0.3) is 0 Å². The zero-order chi connectivity index (χ0) is 15.5. The van der Waals surface area contributed by atoms with Crippen molar-refractivity contribution in [3.05, 3.63) is 24.3 Å². The number of anilines is 1. The van der Waals surface area contributed by atoms with Crippen LogP contribution in [0.3, 0.4) is 0 Å². The monoisotopic (exact) mass is 291 g/mol. The number of nitrogens with one attached hydrogen (secondary N) is 1. The molecule has 0 aromatic heterocycles. The van der Waals surface area contributed by atoms with Gasteiger partial charge in [-0.3, -0.25) is 0 Å². The molecule has 0 radical (unpaired) electrons. The maximum Gasteiger partial charge on any atom is 0.331 e. The highest BCUT2D eigenvalue weighted by molar-refractivity contribution is 5.85. The second-order valence-corrected chi connectivity index (χ2v) is 6.59. The molecule has 1 unspecified atom stereocenters. The molecule has 21 heavy (non-hydrogen) atoms. The Balaban J connectivity index is 2.35. The van der Waals surface area contributed by atoms with E-state index in [2.05, 4.69) is 19.2 Å². The summed E-state index contributed by atoms with van der Waals surface area (Å²) >= 11 is 0. The number of benzene rings is 1. The number of hydrogen-bond acceptors (Lipinski definition) is 4. The average molecular weight is 291 g/mol. The number of carbonyl (C=O) groups excluding carboxylic acids is 1. The highest BCUT2D eigenvalue weighted by Gasteiger charge is 2.46. The van der Waals surface area contributed by atoms with Crippen molar-refractivity contribution in [3.8, 4) is 5.75 Å². The van der Waals surface area contributed by atoms with Gasteiger partial charge in [0.25, 0.3) is 0 Å². The molecule has 1 aliphatic rings. The summed E-state index contributed by atoms with van der Waals surface area (Å²) < 4.78 is 10.5. The maximum absolute atomic E-state index is 12.5. The topological polar surface area (TPSA) is 47.6 Å². The number of rotatable bonds is 4. The standard InChI is InChI=1S/C17H25NO3/c1-16(2)10-7-11-17(12-16,15(19)21-4)18-13-8-5-6-9-14(13)20-3/h5-6,8-9,18H,7,10-12H2,1-4H3. The lowest BCUT2D eigenvalue weighted by atomic mass is 9.68. The molecule has 0 saturated heterocycles. The Kier molecular flexibility index (Phi) is 4.45. The Labute approximate surface area is 126 Å². The predicted molar refractivity (Wildman–Crippen MR) is 83.6 cm³/mol. The predicted octanol–water partition coefficient (Wildman–Crippen LogP) is 3.62. The molecule has 0 spiro atoms. The van der Waals surface area contributed by atoms with E-state index >= 15 is 0 Å². The lowest BCUT2D eigenvalue weighted by Gasteiger charge is -2.43. The molecule has 1 aromatic carbocycles. The Bertz CT molecular complexity index is 513. The van der Waals surface area contributed by atoms with Crippen LogP contribution in [0.2, 0.25) is 0 Å². The first-order valence-corrected chi connectivity index (χ1v) is 7.42. The molecule has 1 aromatic rings. The molecule has 4 heteroatoms. The van der Waals surface area contributed by atoms with Crippen LogP contribution in [0.15, 0.2) is 24.3 Å². The van der Waals surface area contributed by atoms with Crippen molar-refractivity contribution < 1.29 is 14.3 Å². The second kappa shape index (κ2) is 5.96. The van der Waals surface area contributed by atoms with Crippen LogP contribution >= 0.6 is 0 Å². The molecule has 0 aliphatic heterocycles. The fourth-order valence-electron chi connectivity index (χ4n) is 3.40. The first-order chi connectivity index (χ1) is 9.92. The SMILES string of the molecule is COC(=O)C1(Nc2ccccc2OC)CCCC(C)(C)C1. The summed E-state index contributed by atoms with van der Waals surface area (Å²) in [7, 11) is 3.09. The van der Waals surface area contributed by atoms with Crippen LogP contribution in [-0.2, 0) is 9.53 Å². The van der Waals surface area contributed by atoms with Crippen molar-refractivity contribution in [3.63, 3.8) is 0 Å². The minimum absolute atomic E-state index is 0.113. The summed E-state index contributed by atoms with van der Waals surface area (Å²) in [6.07, 6.45) is 3.66. The summed E-state index contributed by atoms with van der Waals surface area (Å²) in [4.78, 5) is 12.5. The van der Waals surface area contributed by atoms with Gasteiger partial charge in [-0.1, -0.05) is 26.0 Å². The highest BCUT2D eigenvalue weighted by atomic mass is 16.5. The van der Waals surface area contributed by atoms with E-state index in [1.807, 2.05) is 24.3 Å². The molecular weight excluding hydrogens is 266 g/mol. The molecule has 2 rings (SSSR count). The lowest BCUT2D eigenvalue weighted by Crippen LogP contribution is -2.52. The van der Waals surface area contributed by atoms with Gasteiger partial charge in [0.05, 0.1) is 19.9 Å². The van der Waals surface area contributed by atoms with Crippen molar-refractivity contribution in [1.82, 2.24) is 0 Å². The third-order valence-electron chi connectivity index (χ3n) is 4.29. The van der Waals surface area contributed by atoms with E-state index in [0.717, 1.165) is 37.1 Å². The molecule has 1 aliphatic carbocycles. The minimum atomic E-state index is -0.675. The van der Waals surface area contributed by atoms with Gasteiger partial charge in [0, 0.05) is 0 Å². The number of ether oxygens (including phenoxy) is 2. The van der Waals surface area contributed by atoms with Gasteiger partial charge >= 0.3 is 5.97 Å². The van der Waals surface area contributed by atoms with Crippen LogP contribution in [0, 0.1) is 5.41 Å². The molecule has 1 N–H and O–H groups in total. The Hall–Kier alpha value is -1.71. The summed E-state index contributed by atoms with van der Waals surface area (Å²) in [5.74, 6) is 0.547. The summed E-state index contributed by atoms with van der Waals surface area (Å²) in [6, 6.07) is 7.68. The van der Waals surface area contributed by atoms with Crippen LogP contribution in [0.1, 0.15) is 39.5 Å². The third-order valence-corrected chi connectivity index (χ3v) is 4.29. The van der Waals surface area contributed by atoms with Gasteiger partial charge in [-0.15, -0.1) is 0 Å². The van der Waals surface area contributed by atoms with E-state index in [0.29, 0.717) is 0 Å². The Morgan fingerprint density at radius 3 is 2.52 bits per heavy atom. The molecular formula is C17H25NO3. The van der Waals surface area contributed by atoms with Gasteiger partial charge in [0.15, 0.2) is 0 Å². The van der Waals surface area contributed by atoms with Crippen molar-refractivity contribution in [2.24, 2.45) is 5.41 Å². The number of hydrogen-bond donors (Lipinski definition) is 1. The summed E-state index contributed by atoms with van der Waals surface area (Å²) in [6.45, 7) is 4.40. The van der Waals surface area contributed by atoms with E-state index in [1.54, 1.807) is 7.11 Å². The van der Waals surface area contributed by atoms with Crippen molar-refractivity contribution in [1.29, 1.82) is 0 Å². The first-order valence-electron chi connectivity index (χ1n) is 7.42. The molecule has 1 fully saturated rings. The molecule has 0 bridgehead atoms. The van der Waals surface area contributed by atoms with Crippen LogP contribution in [0.5, 0.6) is 5.75 Å². The van der Waals surface area contributed by atoms with Crippen LogP contribution < -0.4 is 10.1 Å². The fraction of sp³-hybridized carbons (Fsp3) is 0.588. The van der Waals surface area contributed by atoms with Crippen molar-refractivity contribution in [2.75, 3.05) is 19.5 Å². The van der Waals surface area contributed by atoms with E-state index < -0.39 is 5.54 Å². The van der Waals surface area contributed by atoms with Gasteiger partial charge in [-0.05, 0) is 43.2 Å². The largest absolute Gasteiger partial charge is 0.495 e. The smallest absolute Gasteiger partial charge is 0.331 e. The summed E-state index contributed by atoms with van der Waals surface area (Å²) in [5, 5.41) is 3.42. The van der Waals surface area contributed by atoms with Gasteiger partial charge in [0.1, 0.15) is 11.3 Å². The molecule has 1 saturated carbocycles. The minimum Gasteiger partial charge on any atom is -0.495 e. The van der Waals surface area contributed by atoms with E-state index in [1.165, 1.54) is 7.11 Å². The Morgan fingerprint density at radius 2 is 1.90 bits per heavy atom. The van der Waals surface area contributed by atoms with Crippen LogP contribution in [-0.4, -0.2) is 25.7 Å². The van der Waals surface area contributed by atoms with Crippen molar-refractivity contribution in [2.45, 2.75) is 45.1 Å². The Morgan fingerprint density at radius 1 is 1.19 bits per heavy atom. The highest BCUT2D eigenvalue weighted by Crippen LogP contribution is 2.44. The normalized spacial score (nSPS) is 24.2. The number of para-hydroxylation sites is 2. The lowest BCUT2D eigenvalue weighted by molar-refractivity contribution is -0.148. The van der Waals surface area contributed by atoms with Gasteiger partial charge < -0.3 is 14.8 Å².